The molecule has 0 amide bonds. The molecule has 28 heavy (non-hydrogen) atoms. The van der Waals surface area contributed by atoms with Crippen LogP contribution in [0.15, 0.2) is 61.1 Å². The number of piperidine rings is 1. The molecule has 4 rings (SSSR count). The molecule has 1 fully saturated rings. The minimum absolute atomic E-state index is 0.610. The fraction of sp³-hybridized carbons (Fsp3) is 0.318. The lowest BCUT2D eigenvalue weighted by Crippen LogP contribution is -2.34. The summed E-state index contributed by atoms with van der Waals surface area (Å²) in [5, 5.41) is 0. The summed E-state index contributed by atoms with van der Waals surface area (Å²) in [7, 11) is 0. The summed E-state index contributed by atoms with van der Waals surface area (Å²) in [6.45, 7) is 4.89. The molecule has 1 aliphatic heterocycles. The lowest BCUT2D eigenvalue weighted by molar-refractivity contribution is 0.437. The first-order valence-electron chi connectivity index (χ1n) is 9.80. The summed E-state index contributed by atoms with van der Waals surface area (Å²) in [4.78, 5) is 17.9. The van der Waals surface area contributed by atoms with Crippen molar-refractivity contribution < 1.29 is 0 Å². The largest absolute Gasteiger partial charge is 0.393 e. The van der Waals surface area contributed by atoms with Crippen molar-refractivity contribution in [3.05, 3.63) is 66.6 Å². The number of aromatic nitrogens is 3. The predicted octanol–water partition coefficient (Wildman–Crippen LogP) is 4.03. The summed E-state index contributed by atoms with van der Waals surface area (Å²) in [6.07, 6.45) is 5.72. The van der Waals surface area contributed by atoms with Crippen molar-refractivity contribution in [2.75, 3.05) is 28.6 Å². The summed E-state index contributed by atoms with van der Waals surface area (Å²) < 4.78 is 0. The minimum atomic E-state index is 0.610. The summed E-state index contributed by atoms with van der Waals surface area (Å²) >= 11 is 0. The highest BCUT2D eigenvalue weighted by atomic mass is 15.3. The second kappa shape index (κ2) is 8.25. The van der Waals surface area contributed by atoms with E-state index in [0.29, 0.717) is 18.1 Å². The molecule has 0 spiro atoms. The predicted molar refractivity (Wildman–Crippen MR) is 114 cm³/mol. The van der Waals surface area contributed by atoms with Crippen LogP contribution in [0.2, 0.25) is 0 Å². The Bertz CT molecular complexity index is 891. The zero-order chi connectivity index (χ0) is 19.3. The van der Waals surface area contributed by atoms with Crippen LogP contribution in [0, 0.1) is 5.92 Å². The van der Waals surface area contributed by atoms with Gasteiger partial charge in [0.2, 0.25) is 0 Å². The van der Waals surface area contributed by atoms with Crippen LogP contribution in [0.4, 0.5) is 23.1 Å². The van der Waals surface area contributed by atoms with Gasteiger partial charge in [-0.2, -0.15) is 0 Å². The zero-order valence-electron chi connectivity index (χ0n) is 16.2. The van der Waals surface area contributed by atoms with Gasteiger partial charge in [0.15, 0.2) is 11.6 Å². The SMILES string of the molecule is CC1CCN(c2ncnc(N(Cc3ccccc3)c3ccccn3)c2N)CC1. The van der Waals surface area contributed by atoms with Crippen molar-refractivity contribution in [1.82, 2.24) is 15.0 Å². The van der Waals surface area contributed by atoms with Gasteiger partial charge >= 0.3 is 0 Å². The van der Waals surface area contributed by atoms with Gasteiger partial charge in [-0.3, -0.25) is 0 Å². The first-order valence-corrected chi connectivity index (χ1v) is 9.80. The van der Waals surface area contributed by atoms with Crippen molar-refractivity contribution in [2.45, 2.75) is 26.3 Å². The van der Waals surface area contributed by atoms with E-state index in [2.05, 4.69) is 43.8 Å². The van der Waals surface area contributed by atoms with E-state index in [4.69, 9.17) is 5.73 Å². The van der Waals surface area contributed by atoms with Crippen LogP contribution >= 0.6 is 0 Å². The quantitative estimate of drug-likeness (QED) is 0.727. The van der Waals surface area contributed by atoms with Gasteiger partial charge in [0, 0.05) is 19.3 Å². The van der Waals surface area contributed by atoms with Gasteiger partial charge < -0.3 is 15.5 Å². The molecule has 2 aromatic heterocycles. The fourth-order valence-electron chi connectivity index (χ4n) is 3.61. The molecule has 1 saturated heterocycles. The van der Waals surface area contributed by atoms with Crippen LogP contribution in [0.5, 0.6) is 0 Å². The van der Waals surface area contributed by atoms with Gasteiger partial charge in [0.25, 0.3) is 0 Å². The van der Waals surface area contributed by atoms with Crippen molar-refractivity contribution in [2.24, 2.45) is 5.92 Å². The van der Waals surface area contributed by atoms with E-state index in [1.54, 1.807) is 12.5 Å². The van der Waals surface area contributed by atoms with Crippen molar-refractivity contribution in [3.63, 3.8) is 0 Å². The van der Waals surface area contributed by atoms with Crippen LogP contribution in [0.1, 0.15) is 25.3 Å². The minimum Gasteiger partial charge on any atom is -0.393 e. The zero-order valence-corrected chi connectivity index (χ0v) is 16.2. The molecular formula is C22H26N6. The molecule has 3 heterocycles. The van der Waals surface area contributed by atoms with Gasteiger partial charge in [0.1, 0.15) is 17.8 Å². The molecule has 0 saturated carbocycles. The van der Waals surface area contributed by atoms with E-state index in [1.807, 2.05) is 36.4 Å². The number of hydrogen-bond donors (Lipinski definition) is 1. The number of pyridine rings is 1. The highest BCUT2D eigenvalue weighted by Gasteiger charge is 2.23. The molecular weight excluding hydrogens is 348 g/mol. The standard InChI is InChI=1S/C22H26N6/c1-17-10-13-27(14-11-17)21-20(23)22(26-16-25-21)28(19-9-5-6-12-24-19)15-18-7-3-2-4-8-18/h2-9,12,16-17H,10-11,13-15,23H2,1H3. The maximum atomic E-state index is 6.60. The monoisotopic (exact) mass is 374 g/mol. The van der Waals surface area contributed by atoms with Gasteiger partial charge in [-0.25, -0.2) is 15.0 Å². The molecule has 6 heteroatoms. The number of hydrogen-bond acceptors (Lipinski definition) is 6. The van der Waals surface area contributed by atoms with E-state index in [9.17, 15) is 0 Å². The maximum absolute atomic E-state index is 6.60. The van der Waals surface area contributed by atoms with Crippen molar-refractivity contribution >= 4 is 23.1 Å². The summed E-state index contributed by atoms with van der Waals surface area (Å²) in [5.41, 5.74) is 8.38. The number of nitrogens with zero attached hydrogens (tertiary/aromatic N) is 5. The summed E-state index contributed by atoms with van der Waals surface area (Å²) in [6, 6.07) is 16.2. The lowest BCUT2D eigenvalue weighted by atomic mass is 9.99. The van der Waals surface area contributed by atoms with Crippen LogP contribution < -0.4 is 15.5 Å². The topological polar surface area (TPSA) is 71.2 Å². The Balaban J connectivity index is 1.71. The smallest absolute Gasteiger partial charge is 0.163 e. The number of benzene rings is 1. The molecule has 2 N–H and O–H groups in total. The average Bonchev–Trinajstić information content (AvgIpc) is 2.75. The van der Waals surface area contributed by atoms with Crippen LogP contribution in [0.3, 0.4) is 0 Å². The highest BCUT2D eigenvalue weighted by molar-refractivity contribution is 5.79. The third-order valence-corrected chi connectivity index (χ3v) is 5.29. The van der Waals surface area contributed by atoms with E-state index in [0.717, 1.165) is 43.5 Å². The molecule has 1 aliphatic rings. The second-order valence-electron chi connectivity index (χ2n) is 7.36. The first-order chi connectivity index (χ1) is 13.7. The average molecular weight is 374 g/mol. The van der Waals surface area contributed by atoms with E-state index in [-0.39, 0.29) is 0 Å². The molecule has 1 aromatic carbocycles. The second-order valence-corrected chi connectivity index (χ2v) is 7.36. The lowest BCUT2D eigenvalue weighted by Gasteiger charge is -2.33. The molecule has 0 unspecified atom stereocenters. The highest BCUT2D eigenvalue weighted by Crippen LogP contribution is 2.35. The Hall–Kier alpha value is -3.15. The number of rotatable bonds is 5. The molecule has 0 aliphatic carbocycles. The molecule has 6 nitrogen and oxygen atoms in total. The molecule has 0 atom stereocenters. The normalized spacial score (nSPS) is 14.8. The Morgan fingerprint density at radius 2 is 1.75 bits per heavy atom. The fourth-order valence-corrected chi connectivity index (χ4v) is 3.61. The van der Waals surface area contributed by atoms with Crippen LogP contribution in [-0.2, 0) is 6.54 Å². The van der Waals surface area contributed by atoms with Gasteiger partial charge in [-0.1, -0.05) is 43.3 Å². The Morgan fingerprint density at radius 3 is 2.46 bits per heavy atom. The first kappa shape index (κ1) is 18.2. The molecule has 0 radical (unpaired) electrons. The van der Waals surface area contributed by atoms with Crippen LogP contribution in [-0.4, -0.2) is 28.0 Å². The maximum Gasteiger partial charge on any atom is 0.163 e. The summed E-state index contributed by atoms with van der Waals surface area (Å²) in [5.74, 6) is 3.09. The van der Waals surface area contributed by atoms with Gasteiger partial charge in [-0.05, 0) is 36.5 Å². The number of nitrogens with two attached hydrogens (primary N) is 1. The van der Waals surface area contributed by atoms with E-state index >= 15 is 0 Å². The van der Waals surface area contributed by atoms with Crippen LogP contribution in [0.25, 0.3) is 0 Å². The number of anilines is 4. The third kappa shape index (κ3) is 3.91. The van der Waals surface area contributed by atoms with E-state index < -0.39 is 0 Å². The Labute approximate surface area is 166 Å². The Kier molecular flexibility index (Phi) is 5.37. The number of nitrogen functional groups attached to an aromatic ring is 1. The Morgan fingerprint density at radius 1 is 1.00 bits per heavy atom. The van der Waals surface area contributed by atoms with E-state index in [1.165, 1.54) is 5.56 Å². The third-order valence-electron chi connectivity index (χ3n) is 5.29. The molecule has 144 valence electrons. The molecule has 3 aromatic rings. The van der Waals surface area contributed by atoms with Gasteiger partial charge in [-0.15, -0.1) is 0 Å². The van der Waals surface area contributed by atoms with Crippen molar-refractivity contribution in [1.29, 1.82) is 0 Å². The molecule has 0 bridgehead atoms. The van der Waals surface area contributed by atoms with Gasteiger partial charge in [0.05, 0.1) is 6.54 Å². The van der Waals surface area contributed by atoms with Crippen molar-refractivity contribution in [3.8, 4) is 0 Å².